The zero-order valence-electron chi connectivity index (χ0n) is 15.1. The Morgan fingerprint density at radius 1 is 0.885 bits per heavy atom. The Morgan fingerprint density at radius 2 is 1.62 bits per heavy atom. The summed E-state index contributed by atoms with van der Waals surface area (Å²) >= 11 is 0. The van der Waals surface area contributed by atoms with Gasteiger partial charge in [0.2, 0.25) is 0 Å². The summed E-state index contributed by atoms with van der Waals surface area (Å²) in [6.45, 7) is 3.36. The fourth-order valence-electron chi connectivity index (χ4n) is 2.79. The zero-order chi connectivity index (χ0) is 18.4. The van der Waals surface area contributed by atoms with Crippen molar-refractivity contribution < 1.29 is 9.47 Å². The molecule has 0 amide bonds. The summed E-state index contributed by atoms with van der Waals surface area (Å²) in [5.74, 6) is 0.809. The molecule has 0 aliphatic heterocycles. The molecule has 0 aliphatic rings. The van der Waals surface area contributed by atoms with E-state index in [4.69, 9.17) is 9.47 Å². The predicted molar refractivity (Wildman–Crippen MR) is 102 cm³/mol. The van der Waals surface area contributed by atoms with Gasteiger partial charge < -0.3 is 14.0 Å². The van der Waals surface area contributed by atoms with Crippen LogP contribution in [0.15, 0.2) is 71.7 Å². The summed E-state index contributed by atoms with van der Waals surface area (Å²) in [5.41, 5.74) is 3.85. The number of hydrogen-bond donors (Lipinski definition) is 0. The van der Waals surface area contributed by atoms with Crippen molar-refractivity contribution in [2.75, 3.05) is 7.11 Å². The van der Waals surface area contributed by atoms with Crippen molar-refractivity contribution in [1.82, 2.24) is 4.57 Å². The lowest BCUT2D eigenvalue weighted by atomic mass is 10.1. The third-order valence-electron chi connectivity index (χ3n) is 4.40. The Morgan fingerprint density at radius 3 is 2.31 bits per heavy atom. The van der Waals surface area contributed by atoms with Crippen molar-refractivity contribution in [2.45, 2.75) is 26.7 Å². The fraction of sp³-hybridized carbons (Fsp3) is 0.227. The van der Waals surface area contributed by atoms with E-state index in [-0.39, 0.29) is 5.56 Å². The maximum atomic E-state index is 12.6. The molecular weight excluding hydrogens is 326 g/mol. The molecule has 1 aromatic heterocycles. The topological polar surface area (TPSA) is 40.5 Å². The molecule has 0 fully saturated rings. The summed E-state index contributed by atoms with van der Waals surface area (Å²) < 4.78 is 12.6. The van der Waals surface area contributed by atoms with Gasteiger partial charge in [0.1, 0.15) is 5.75 Å². The molecule has 134 valence electrons. The first kappa shape index (κ1) is 18.0. The summed E-state index contributed by atoms with van der Waals surface area (Å²) in [6, 6.07) is 19.7. The summed E-state index contributed by atoms with van der Waals surface area (Å²) in [6.07, 6.45) is 1.83. The number of aromatic nitrogens is 1. The second-order valence-corrected chi connectivity index (χ2v) is 6.23. The minimum absolute atomic E-state index is 0.0154. The first-order valence-corrected chi connectivity index (χ1v) is 8.61. The Bertz CT molecular complexity index is 899. The molecule has 3 aromatic rings. The lowest BCUT2D eigenvalue weighted by Gasteiger charge is -2.11. The highest BCUT2D eigenvalue weighted by Crippen LogP contribution is 2.13. The number of hydrogen-bond acceptors (Lipinski definition) is 3. The Labute approximate surface area is 153 Å². The number of rotatable bonds is 7. The minimum atomic E-state index is 0.0154. The van der Waals surface area contributed by atoms with Gasteiger partial charge in [0.25, 0.3) is 5.56 Å². The number of methoxy groups -OCH3 is 1. The van der Waals surface area contributed by atoms with Crippen molar-refractivity contribution in [3.8, 4) is 5.75 Å². The lowest BCUT2D eigenvalue weighted by Crippen LogP contribution is -2.23. The first-order valence-electron chi connectivity index (χ1n) is 8.61. The molecule has 0 spiro atoms. The second-order valence-electron chi connectivity index (χ2n) is 6.23. The maximum absolute atomic E-state index is 12.6. The second kappa shape index (κ2) is 8.50. The van der Waals surface area contributed by atoms with Crippen LogP contribution < -0.4 is 10.3 Å². The summed E-state index contributed by atoms with van der Waals surface area (Å²) in [7, 11) is 1.64. The van der Waals surface area contributed by atoms with Crippen molar-refractivity contribution in [1.29, 1.82) is 0 Å². The van der Waals surface area contributed by atoms with Gasteiger partial charge in [0.05, 0.1) is 26.9 Å². The van der Waals surface area contributed by atoms with Crippen molar-refractivity contribution in [3.63, 3.8) is 0 Å². The van der Waals surface area contributed by atoms with E-state index in [1.807, 2.05) is 73.8 Å². The number of ether oxygens (including phenoxy) is 2. The third-order valence-corrected chi connectivity index (χ3v) is 4.40. The fourth-order valence-corrected chi connectivity index (χ4v) is 2.79. The molecule has 0 N–H and O–H groups in total. The van der Waals surface area contributed by atoms with E-state index < -0.39 is 0 Å². The van der Waals surface area contributed by atoms with E-state index in [0.717, 1.165) is 28.0 Å². The van der Waals surface area contributed by atoms with Gasteiger partial charge in [-0.1, -0.05) is 42.5 Å². The van der Waals surface area contributed by atoms with Crippen LogP contribution in [0.4, 0.5) is 0 Å². The van der Waals surface area contributed by atoms with Crippen LogP contribution >= 0.6 is 0 Å². The highest BCUT2D eigenvalue weighted by molar-refractivity contribution is 5.28. The van der Waals surface area contributed by atoms with Gasteiger partial charge in [0, 0.05) is 11.8 Å². The molecule has 0 atom stereocenters. The first-order chi connectivity index (χ1) is 12.7. The van der Waals surface area contributed by atoms with Crippen LogP contribution in [-0.4, -0.2) is 11.7 Å². The molecule has 2 aromatic carbocycles. The Balaban J connectivity index is 1.66. The number of pyridine rings is 1. The average molecular weight is 349 g/mol. The van der Waals surface area contributed by atoms with Gasteiger partial charge in [0.15, 0.2) is 0 Å². The molecule has 4 heteroatoms. The zero-order valence-corrected chi connectivity index (χ0v) is 15.1. The minimum Gasteiger partial charge on any atom is -0.497 e. The smallest absolute Gasteiger partial charge is 0.254 e. The standard InChI is InChI=1S/C22H23NO3/c1-17-20(16-26-15-19-6-4-3-5-7-19)12-13-23(22(17)24)14-18-8-10-21(25-2)11-9-18/h3-13H,14-16H2,1-2H3. The molecule has 0 bridgehead atoms. The molecule has 0 radical (unpaired) electrons. The summed E-state index contributed by atoms with van der Waals surface area (Å²) in [4.78, 5) is 12.6. The molecule has 4 nitrogen and oxygen atoms in total. The van der Waals surface area contributed by atoms with Gasteiger partial charge in [-0.05, 0) is 41.8 Å². The normalized spacial score (nSPS) is 10.7. The number of benzene rings is 2. The number of nitrogens with zero attached hydrogens (tertiary/aromatic N) is 1. The molecule has 1 heterocycles. The van der Waals surface area contributed by atoms with E-state index in [2.05, 4.69) is 0 Å². The van der Waals surface area contributed by atoms with Gasteiger partial charge in [-0.2, -0.15) is 0 Å². The van der Waals surface area contributed by atoms with E-state index in [9.17, 15) is 4.79 Å². The third kappa shape index (κ3) is 4.41. The van der Waals surface area contributed by atoms with Gasteiger partial charge >= 0.3 is 0 Å². The average Bonchev–Trinajstić information content (AvgIpc) is 2.68. The Kier molecular flexibility index (Phi) is 5.87. The molecule has 26 heavy (non-hydrogen) atoms. The van der Waals surface area contributed by atoms with Crippen LogP contribution in [-0.2, 0) is 24.5 Å². The highest BCUT2D eigenvalue weighted by Gasteiger charge is 2.07. The highest BCUT2D eigenvalue weighted by atomic mass is 16.5. The maximum Gasteiger partial charge on any atom is 0.254 e. The molecule has 0 aliphatic carbocycles. The molecule has 0 saturated heterocycles. The van der Waals surface area contributed by atoms with Crippen molar-refractivity contribution in [2.24, 2.45) is 0 Å². The van der Waals surface area contributed by atoms with Crippen LogP contribution in [0.25, 0.3) is 0 Å². The van der Waals surface area contributed by atoms with Crippen LogP contribution in [0.2, 0.25) is 0 Å². The van der Waals surface area contributed by atoms with Gasteiger partial charge in [-0.3, -0.25) is 4.79 Å². The largest absolute Gasteiger partial charge is 0.497 e. The SMILES string of the molecule is COc1ccc(Cn2ccc(COCc3ccccc3)c(C)c2=O)cc1. The molecular formula is C22H23NO3. The van der Waals surface area contributed by atoms with E-state index in [1.165, 1.54) is 0 Å². The molecule has 3 rings (SSSR count). The van der Waals surface area contributed by atoms with Gasteiger partial charge in [-0.15, -0.1) is 0 Å². The van der Waals surface area contributed by atoms with Crippen molar-refractivity contribution >= 4 is 0 Å². The monoisotopic (exact) mass is 349 g/mol. The van der Waals surface area contributed by atoms with Crippen LogP contribution in [0.1, 0.15) is 22.3 Å². The van der Waals surface area contributed by atoms with Gasteiger partial charge in [-0.25, -0.2) is 0 Å². The van der Waals surface area contributed by atoms with Crippen LogP contribution in [0, 0.1) is 6.92 Å². The quantitative estimate of drug-likeness (QED) is 0.649. The van der Waals surface area contributed by atoms with Crippen LogP contribution in [0.3, 0.4) is 0 Å². The van der Waals surface area contributed by atoms with E-state index >= 15 is 0 Å². The summed E-state index contributed by atoms with van der Waals surface area (Å²) in [5, 5.41) is 0. The van der Waals surface area contributed by atoms with Crippen molar-refractivity contribution in [3.05, 3.63) is 99.5 Å². The molecule has 0 saturated carbocycles. The van der Waals surface area contributed by atoms with E-state index in [1.54, 1.807) is 11.7 Å². The predicted octanol–water partition coefficient (Wildman–Crippen LogP) is 3.93. The van der Waals surface area contributed by atoms with E-state index in [0.29, 0.717) is 19.8 Å². The lowest BCUT2D eigenvalue weighted by molar-refractivity contribution is 0.106. The molecule has 0 unspecified atom stereocenters. The Hall–Kier alpha value is -2.85. The van der Waals surface area contributed by atoms with Crippen LogP contribution in [0.5, 0.6) is 5.75 Å².